The molecule has 42 heavy (non-hydrogen) atoms. The van der Waals surface area contributed by atoms with Gasteiger partial charge in [-0.3, -0.25) is 14.4 Å². The summed E-state index contributed by atoms with van der Waals surface area (Å²) in [6.45, 7) is 4.97. The minimum absolute atomic E-state index is 0.00554. The standard InChI is InChI=1S/C32H45FN2O7/c1-31(9-4-10-31)18-34-29(37)26-19-5-6-20(15-19)27(26)35-28(36)22-16-25(23(33)17-24(22)41-14-13-40-3)42-21-7-11-32(2,12-8-21)30(38)39/h16-17,19-21,26-27H,4-15,18H2,1-3H3,(H,34,37)(H,35,36)(H,38,39). The minimum atomic E-state index is -0.839. The van der Waals surface area contributed by atoms with E-state index >= 15 is 4.39 Å². The van der Waals surface area contributed by atoms with Crippen LogP contribution < -0.4 is 20.1 Å². The summed E-state index contributed by atoms with van der Waals surface area (Å²) in [5, 5.41) is 15.8. The highest BCUT2D eigenvalue weighted by Crippen LogP contribution is 2.49. The van der Waals surface area contributed by atoms with Crippen molar-refractivity contribution in [2.45, 2.75) is 90.2 Å². The van der Waals surface area contributed by atoms with E-state index in [1.54, 1.807) is 6.92 Å². The van der Waals surface area contributed by atoms with Gasteiger partial charge in [-0.2, -0.15) is 0 Å². The Morgan fingerprint density at radius 2 is 1.71 bits per heavy atom. The topological polar surface area (TPSA) is 123 Å². The highest BCUT2D eigenvalue weighted by atomic mass is 19.1. The van der Waals surface area contributed by atoms with Gasteiger partial charge in [0.25, 0.3) is 5.91 Å². The Morgan fingerprint density at radius 3 is 2.36 bits per heavy atom. The van der Waals surface area contributed by atoms with Gasteiger partial charge < -0.3 is 30.0 Å². The number of fused-ring (bicyclic) bond motifs is 2. The molecule has 2 amide bonds. The second kappa shape index (κ2) is 12.4. The van der Waals surface area contributed by atoms with Crippen LogP contribution in [0.25, 0.3) is 0 Å². The van der Waals surface area contributed by atoms with Crippen molar-refractivity contribution in [1.29, 1.82) is 0 Å². The maximum atomic E-state index is 15.2. The van der Waals surface area contributed by atoms with E-state index in [-0.39, 0.29) is 71.5 Å². The predicted molar refractivity (Wildman–Crippen MR) is 153 cm³/mol. The first kappa shape index (κ1) is 30.6. The molecule has 1 aromatic rings. The van der Waals surface area contributed by atoms with Gasteiger partial charge >= 0.3 is 5.97 Å². The van der Waals surface area contributed by atoms with Crippen molar-refractivity contribution in [2.75, 3.05) is 26.9 Å². The van der Waals surface area contributed by atoms with Gasteiger partial charge in [0.15, 0.2) is 11.6 Å². The summed E-state index contributed by atoms with van der Waals surface area (Å²) in [6, 6.07) is 2.23. The van der Waals surface area contributed by atoms with Crippen molar-refractivity contribution in [1.82, 2.24) is 10.6 Å². The average molecular weight is 589 g/mol. The molecule has 4 saturated carbocycles. The van der Waals surface area contributed by atoms with Crippen molar-refractivity contribution in [3.8, 4) is 11.5 Å². The number of methoxy groups -OCH3 is 1. The van der Waals surface area contributed by atoms with E-state index in [0.29, 0.717) is 32.2 Å². The van der Waals surface area contributed by atoms with Crippen LogP contribution in [0.1, 0.15) is 88.4 Å². The molecule has 1 aromatic carbocycles. The summed E-state index contributed by atoms with van der Waals surface area (Å²) < 4.78 is 32.0. The van der Waals surface area contributed by atoms with Crippen molar-refractivity contribution in [3.63, 3.8) is 0 Å². The molecular weight excluding hydrogens is 543 g/mol. The van der Waals surface area contributed by atoms with Gasteiger partial charge in [0.1, 0.15) is 12.4 Å². The SMILES string of the molecule is COCCOc1cc(F)c(OC2CCC(C)(C(=O)O)CC2)cc1C(=O)NC1C2CCC(C2)C1C(=O)NCC1(C)CCC1. The van der Waals surface area contributed by atoms with Crippen LogP contribution in [0.2, 0.25) is 0 Å². The number of hydrogen-bond donors (Lipinski definition) is 3. The first-order valence-electron chi connectivity index (χ1n) is 15.5. The average Bonchev–Trinajstić information content (AvgIpc) is 3.55. The van der Waals surface area contributed by atoms with Crippen LogP contribution in [0.3, 0.4) is 0 Å². The molecule has 0 saturated heterocycles. The van der Waals surface area contributed by atoms with Gasteiger partial charge in [0, 0.05) is 25.8 Å². The fraction of sp³-hybridized carbons (Fsp3) is 0.719. The molecular formula is C32H45FN2O7. The van der Waals surface area contributed by atoms with E-state index in [0.717, 1.165) is 38.2 Å². The molecule has 2 bridgehead atoms. The van der Waals surface area contributed by atoms with Gasteiger partial charge in [0.05, 0.1) is 29.6 Å². The molecule has 10 heteroatoms. The number of rotatable bonds is 12. The Hall–Kier alpha value is -2.88. The third-order valence-corrected chi connectivity index (χ3v) is 10.4. The smallest absolute Gasteiger partial charge is 0.309 e. The fourth-order valence-electron chi connectivity index (χ4n) is 7.38. The zero-order valence-corrected chi connectivity index (χ0v) is 25.0. The number of halogens is 1. The molecule has 4 fully saturated rings. The molecule has 232 valence electrons. The van der Waals surface area contributed by atoms with Crippen LogP contribution in [0, 0.1) is 34.4 Å². The number of carboxylic acid groups (broad SMARTS) is 1. The number of nitrogens with one attached hydrogen (secondary N) is 2. The van der Waals surface area contributed by atoms with Crippen molar-refractivity contribution >= 4 is 17.8 Å². The van der Waals surface area contributed by atoms with Crippen molar-refractivity contribution in [2.24, 2.45) is 28.6 Å². The fourth-order valence-corrected chi connectivity index (χ4v) is 7.38. The molecule has 0 aliphatic heterocycles. The Bertz CT molecular complexity index is 1180. The molecule has 4 atom stereocenters. The molecule has 9 nitrogen and oxygen atoms in total. The number of amides is 2. The van der Waals surface area contributed by atoms with E-state index in [4.69, 9.17) is 14.2 Å². The summed E-state index contributed by atoms with van der Waals surface area (Å²) in [6.07, 6.45) is 7.70. The molecule has 4 aliphatic rings. The number of carbonyl (C=O) groups excluding carboxylic acids is 2. The number of carbonyl (C=O) groups is 3. The van der Waals surface area contributed by atoms with Crippen molar-refractivity contribution in [3.05, 3.63) is 23.5 Å². The molecule has 3 N–H and O–H groups in total. The lowest BCUT2D eigenvalue weighted by molar-refractivity contribution is -0.150. The Morgan fingerprint density at radius 1 is 1.00 bits per heavy atom. The lowest BCUT2D eigenvalue weighted by Gasteiger charge is -2.39. The quantitative estimate of drug-likeness (QED) is 0.302. The van der Waals surface area contributed by atoms with Crippen LogP contribution >= 0.6 is 0 Å². The minimum Gasteiger partial charge on any atom is -0.490 e. The number of aliphatic carboxylic acids is 1. The summed E-state index contributed by atoms with van der Waals surface area (Å²) in [5.74, 6) is -1.76. The number of ether oxygens (including phenoxy) is 3. The zero-order chi connectivity index (χ0) is 30.1. The largest absolute Gasteiger partial charge is 0.490 e. The van der Waals surface area contributed by atoms with E-state index < -0.39 is 23.1 Å². The van der Waals surface area contributed by atoms with E-state index in [1.165, 1.54) is 19.6 Å². The van der Waals surface area contributed by atoms with Gasteiger partial charge in [-0.15, -0.1) is 0 Å². The van der Waals surface area contributed by atoms with Gasteiger partial charge in [-0.1, -0.05) is 13.3 Å². The summed E-state index contributed by atoms with van der Waals surface area (Å²) in [4.78, 5) is 38.8. The lowest BCUT2D eigenvalue weighted by atomic mass is 9.70. The number of carboxylic acids is 1. The monoisotopic (exact) mass is 588 g/mol. The third kappa shape index (κ3) is 6.38. The van der Waals surface area contributed by atoms with E-state index in [2.05, 4.69) is 17.6 Å². The second-order valence-corrected chi connectivity index (χ2v) is 13.5. The molecule has 0 spiro atoms. The first-order valence-corrected chi connectivity index (χ1v) is 15.5. The zero-order valence-electron chi connectivity index (χ0n) is 25.0. The maximum Gasteiger partial charge on any atom is 0.309 e. The van der Waals surface area contributed by atoms with Gasteiger partial charge in [0.2, 0.25) is 5.91 Å². The highest BCUT2D eigenvalue weighted by Gasteiger charge is 2.52. The maximum absolute atomic E-state index is 15.2. The predicted octanol–water partition coefficient (Wildman–Crippen LogP) is 4.71. The summed E-state index contributed by atoms with van der Waals surface area (Å²) in [7, 11) is 1.53. The Balaban J connectivity index is 1.31. The molecule has 4 aliphatic carbocycles. The number of hydrogen-bond acceptors (Lipinski definition) is 6. The first-order chi connectivity index (χ1) is 20.0. The normalized spacial score (nSPS) is 31.2. The van der Waals surface area contributed by atoms with Crippen LogP contribution in [-0.4, -0.2) is 61.9 Å². The van der Waals surface area contributed by atoms with E-state index in [1.807, 2.05) is 0 Å². The molecule has 0 radical (unpaired) electrons. The molecule has 4 unspecified atom stereocenters. The lowest BCUT2D eigenvalue weighted by Crippen LogP contribution is -2.51. The van der Waals surface area contributed by atoms with E-state index in [9.17, 15) is 19.5 Å². The van der Waals surface area contributed by atoms with Crippen LogP contribution in [0.5, 0.6) is 11.5 Å². The van der Waals surface area contributed by atoms with Crippen LogP contribution in [-0.2, 0) is 14.3 Å². The molecule has 0 aromatic heterocycles. The third-order valence-electron chi connectivity index (χ3n) is 10.4. The summed E-state index contributed by atoms with van der Waals surface area (Å²) >= 11 is 0. The molecule has 5 rings (SSSR count). The summed E-state index contributed by atoms with van der Waals surface area (Å²) in [5.41, 5.74) is -0.519. The molecule has 0 heterocycles. The highest BCUT2D eigenvalue weighted by molar-refractivity contribution is 5.98. The van der Waals surface area contributed by atoms with Crippen LogP contribution in [0.4, 0.5) is 4.39 Å². The Labute approximate surface area is 247 Å². The van der Waals surface area contributed by atoms with Gasteiger partial charge in [-0.25, -0.2) is 4.39 Å². The Kier molecular flexibility index (Phi) is 9.02. The van der Waals surface area contributed by atoms with Gasteiger partial charge in [-0.05, 0) is 88.0 Å². The second-order valence-electron chi connectivity index (χ2n) is 13.5. The van der Waals surface area contributed by atoms with Crippen molar-refractivity contribution < 1.29 is 38.1 Å². The van der Waals surface area contributed by atoms with Crippen LogP contribution in [0.15, 0.2) is 12.1 Å². The number of benzene rings is 1.